The highest BCUT2D eigenvalue weighted by Gasteiger charge is 2.51. The summed E-state index contributed by atoms with van der Waals surface area (Å²) in [5.74, 6) is 5.16. The molecule has 0 atom stereocenters. The molecule has 1 aromatic rings. The van der Waals surface area contributed by atoms with Gasteiger partial charge in [-0.15, -0.1) is 0 Å². The molecule has 1 aliphatic heterocycles. The molecule has 6 rings (SSSR count). The fourth-order valence-electron chi connectivity index (χ4n) is 6.57. The topological polar surface area (TPSA) is 38.8 Å². The second kappa shape index (κ2) is 6.57. The maximum Gasteiger partial charge on any atom is 0.250 e. The summed E-state index contributed by atoms with van der Waals surface area (Å²) in [6.45, 7) is 0.888. The molecule has 0 unspecified atom stereocenters. The van der Waals surface area contributed by atoms with Crippen molar-refractivity contribution >= 4 is 12.0 Å². The molecule has 4 bridgehead atoms. The smallest absolute Gasteiger partial charge is 0.250 e. The van der Waals surface area contributed by atoms with E-state index in [0.29, 0.717) is 6.04 Å². The molecule has 5 aliphatic rings. The number of ether oxygens (including phenoxy) is 2. The highest BCUT2D eigenvalue weighted by atomic mass is 16.5. The van der Waals surface area contributed by atoms with Crippen molar-refractivity contribution in [2.24, 2.45) is 23.7 Å². The first-order chi connectivity index (χ1) is 13.1. The van der Waals surface area contributed by atoms with Crippen LogP contribution in [-0.4, -0.2) is 37.6 Å². The summed E-state index contributed by atoms with van der Waals surface area (Å²) in [5.41, 5.74) is 1.90. The highest BCUT2D eigenvalue weighted by molar-refractivity contribution is 6.00. The van der Waals surface area contributed by atoms with Gasteiger partial charge in [-0.2, -0.15) is 0 Å². The van der Waals surface area contributed by atoms with E-state index in [1.807, 2.05) is 24.3 Å². The zero-order chi connectivity index (χ0) is 18.5. The van der Waals surface area contributed by atoms with E-state index in [-0.39, 0.29) is 5.91 Å². The number of likely N-dealkylation sites (tertiary alicyclic amines) is 1. The van der Waals surface area contributed by atoms with Gasteiger partial charge >= 0.3 is 0 Å². The first-order valence-electron chi connectivity index (χ1n) is 10.4. The van der Waals surface area contributed by atoms with Crippen LogP contribution in [0.3, 0.4) is 0 Å². The molecule has 4 heteroatoms. The van der Waals surface area contributed by atoms with E-state index in [9.17, 15) is 4.79 Å². The number of carbonyl (C=O) groups excluding carboxylic acids is 1. The van der Waals surface area contributed by atoms with Crippen LogP contribution >= 0.6 is 0 Å². The molecule has 0 aromatic heterocycles. The van der Waals surface area contributed by atoms with Crippen molar-refractivity contribution in [3.63, 3.8) is 0 Å². The van der Waals surface area contributed by atoms with Crippen LogP contribution in [0.15, 0.2) is 23.8 Å². The summed E-state index contributed by atoms with van der Waals surface area (Å²) in [6, 6.07) is 6.29. The van der Waals surface area contributed by atoms with Gasteiger partial charge in [0.1, 0.15) is 11.5 Å². The first kappa shape index (κ1) is 17.2. The summed E-state index contributed by atoms with van der Waals surface area (Å²) >= 11 is 0. The number of rotatable bonds is 4. The first-order valence-corrected chi connectivity index (χ1v) is 10.4. The monoisotopic (exact) mass is 367 g/mol. The Kier molecular flexibility index (Phi) is 4.18. The van der Waals surface area contributed by atoms with E-state index in [0.717, 1.165) is 59.3 Å². The maximum atomic E-state index is 13.2. The number of benzene rings is 1. The minimum absolute atomic E-state index is 0.259. The van der Waals surface area contributed by atoms with Gasteiger partial charge in [0, 0.05) is 24.2 Å². The Balaban J connectivity index is 1.38. The van der Waals surface area contributed by atoms with Crippen molar-refractivity contribution in [3.8, 4) is 11.5 Å². The van der Waals surface area contributed by atoms with Crippen molar-refractivity contribution < 1.29 is 14.3 Å². The molecule has 5 fully saturated rings. The number of nitrogens with zero attached hydrogens (tertiary/aromatic N) is 1. The number of hydrogen-bond donors (Lipinski definition) is 0. The van der Waals surface area contributed by atoms with Crippen LogP contribution in [0.4, 0.5) is 0 Å². The molecule has 4 aliphatic carbocycles. The predicted octanol–water partition coefficient (Wildman–Crippen LogP) is 4.14. The molecule has 0 spiro atoms. The summed E-state index contributed by atoms with van der Waals surface area (Å²) < 4.78 is 10.7. The van der Waals surface area contributed by atoms with Crippen molar-refractivity contribution in [2.45, 2.75) is 44.6 Å². The van der Waals surface area contributed by atoms with E-state index < -0.39 is 0 Å². The lowest BCUT2D eigenvalue weighted by atomic mass is 9.54. The largest absolute Gasteiger partial charge is 0.497 e. The lowest BCUT2D eigenvalue weighted by Crippen LogP contribution is -2.56. The highest BCUT2D eigenvalue weighted by Crippen LogP contribution is 2.55. The summed E-state index contributed by atoms with van der Waals surface area (Å²) in [5, 5.41) is 0. The van der Waals surface area contributed by atoms with Crippen LogP contribution in [0, 0.1) is 23.7 Å². The second-order valence-corrected chi connectivity index (χ2v) is 8.99. The standard InChI is InChI=1S/C23H29NO3/c1-26-20-11-16(12-21(13-20)27-2)6-17-3-4-24(23(17)25)22-18-7-14-5-15(9-18)10-19(22)8-14/h6,11-15,18-19,22H,3-5,7-10H2,1-2H3/b17-6+. The minimum Gasteiger partial charge on any atom is -0.497 e. The molecular weight excluding hydrogens is 338 g/mol. The molecule has 1 amide bonds. The minimum atomic E-state index is 0.259. The predicted molar refractivity (Wildman–Crippen MR) is 105 cm³/mol. The third-order valence-electron chi connectivity index (χ3n) is 7.41. The van der Waals surface area contributed by atoms with Gasteiger partial charge in [-0.3, -0.25) is 4.79 Å². The van der Waals surface area contributed by atoms with Crippen LogP contribution in [0.25, 0.3) is 6.08 Å². The molecule has 4 nitrogen and oxygen atoms in total. The van der Waals surface area contributed by atoms with Gasteiger partial charge in [0.15, 0.2) is 0 Å². The Morgan fingerprint density at radius 2 is 1.52 bits per heavy atom. The van der Waals surface area contributed by atoms with Crippen molar-refractivity contribution in [3.05, 3.63) is 29.3 Å². The average Bonchev–Trinajstić information content (AvgIpc) is 3.01. The van der Waals surface area contributed by atoms with E-state index in [1.165, 1.54) is 32.1 Å². The molecule has 4 saturated carbocycles. The SMILES string of the molecule is COc1cc(/C=C2\CCN(C3C4CC5CC(C4)CC3C5)C2=O)cc(OC)c1. The maximum absolute atomic E-state index is 13.2. The van der Waals surface area contributed by atoms with Crippen LogP contribution in [0.2, 0.25) is 0 Å². The van der Waals surface area contributed by atoms with Crippen molar-refractivity contribution in [2.75, 3.05) is 20.8 Å². The van der Waals surface area contributed by atoms with Crippen LogP contribution in [0.5, 0.6) is 11.5 Å². The van der Waals surface area contributed by atoms with Gasteiger partial charge in [0.05, 0.1) is 14.2 Å². The quantitative estimate of drug-likeness (QED) is 0.751. The Morgan fingerprint density at radius 1 is 0.926 bits per heavy atom. The average molecular weight is 367 g/mol. The van der Waals surface area contributed by atoms with E-state index in [4.69, 9.17) is 9.47 Å². The third-order valence-corrected chi connectivity index (χ3v) is 7.41. The Labute approximate surface area is 161 Å². The number of hydrogen-bond acceptors (Lipinski definition) is 3. The lowest BCUT2D eigenvalue weighted by molar-refractivity contribution is -0.136. The van der Waals surface area contributed by atoms with E-state index in [1.54, 1.807) is 14.2 Å². The molecule has 0 radical (unpaired) electrons. The molecule has 144 valence electrons. The molecule has 27 heavy (non-hydrogen) atoms. The Hall–Kier alpha value is -1.97. The van der Waals surface area contributed by atoms with Crippen LogP contribution in [-0.2, 0) is 4.79 Å². The van der Waals surface area contributed by atoms with Gasteiger partial charge in [-0.05, 0) is 86.0 Å². The van der Waals surface area contributed by atoms with Crippen molar-refractivity contribution in [1.29, 1.82) is 0 Å². The number of amides is 1. The molecular formula is C23H29NO3. The van der Waals surface area contributed by atoms with Gasteiger partial charge in [-0.25, -0.2) is 0 Å². The molecule has 1 aromatic carbocycles. The summed E-state index contributed by atoms with van der Waals surface area (Å²) in [7, 11) is 3.31. The van der Waals surface area contributed by atoms with Crippen molar-refractivity contribution in [1.82, 2.24) is 4.90 Å². The molecule has 1 saturated heterocycles. The van der Waals surface area contributed by atoms with Gasteiger partial charge in [-0.1, -0.05) is 0 Å². The Bertz CT molecular complexity index is 734. The van der Waals surface area contributed by atoms with Crippen LogP contribution in [0.1, 0.15) is 44.1 Å². The second-order valence-electron chi connectivity index (χ2n) is 8.99. The summed E-state index contributed by atoms with van der Waals surface area (Å²) in [6.07, 6.45) is 9.75. The van der Waals surface area contributed by atoms with Gasteiger partial charge in [0.2, 0.25) is 5.91 Å². The number of carbonyl (C=O) groups is 1. The van der Waals surface area contributed by atoms with Gasteiger partial charge in [0.25, 0.3) is 0 Å². The van der Waals surface area contributed by atoms with E-state index >= 15 is 0 Å². The fourth-order valence-corrected chi connectivity index (χ4v) is 6.57. The molecule has 0 N–H and O–H groups in total. The van der Waals surface area contributed by atoms with Gasteiger partial charge < -0.3 is 14.4 Å². The van der Waals surface area contributed by atoms with Crippen LogP contribution < -0.4 is 9.47 Å². The molecule has 1 heterocycles. The Morgan fingerprint density at radius 3 is 2.07 bits per heavy atom. The number of methoxy groups -OCH3 is 2. The third kappa shape index (κ3) is 2.94. The fraction of sp³-hybridized carbons (Fsp3) is 0.609. The normalized spacial score (nSPS) is 35.9. The zero-order valence-corrected chi connectivity index (χ0v) is 16.3. The zero-order valence-electron chi connectivity index (χ0n) is 16.3. The lowest BCUT2D eigenvalue weighted by Gasteiger charge is -2.56. The van der Waals surface area contributed by atoms with E-state index in [2.05, 4.69) is 4.90 Å². The summed E-state index contributed by atoms with van der Waals surface area (Å²) in [4.78, 5) is 15.5.